The lowest BCUT2D eigenvalue weighted by Gasteiger charge is -2.23. The van der Waals surface area contributed by atoms with Gasteiger partial charge in [0.25, 0.3) is 0 Å². The van der Waals surface area contributed by atoms with Crippen molar-refractivity contribution in [2.75, 3.05) is 6.54 Å². The van der Waals surface area contributed by atoms with Gasteiger partial charge in [-0.25, -0.2) is 0 Å². The Balaban J connectivity index is 2.13. The van der Waals surface area contributed by atoms with Crippen LogP contribution in [0.1, 0.15) is 96.5 Å². The maximum atomic E-state index is 12.4. The molecule has 0 spiro atoms. The number of carbonyl (C=O) groups is 1. The van der Waals surface area contributed by atoms with Crippen LogP contribution in [0.15, 0.2) is 42.5 Å². The summed E-state index contributed by atoms with van der Waals surface area (Å²) >= 11 is 0. The van der Waals surface area contributed by atoms with Gasteiger partial charge in [-0.2, -0.15) is 0 Å². The minimum Gasteiger partial charge on any atom is -0.335 e. The van der Waals surface area contributed by atoms with E-state index in [1.54, 1.807) is 0 Å². The number of rotatable bonds is 16. The number of amides is 1. The molecule has 0 radical (unpaired) electrons. The zero-order valence-corrected chi connectivity index (χ0v) is 17.8. The number of nitrogens with zero attached hydrogens (tertiary/aromatic N) is 1. The molecule has 0 aliphatic carbocycles. The molecule has 0 atom stereocenters. The molecule has 1 aromatic rings. The number of unbranched alkanes of at least 4 members (excludes halogenated alkanes) is 11. The Labute approximate surface area is 168 Å². The molecule has 0 aliphatic heterocycles. The summed E-state index contributed by atoms with van der Waals surface area (Å²) in [4.78, 5) is 14.4. The molecule has 1 amide bonds. The van der Waals surface area contributed by atoms with Crippen LogP contribution in [0.25, 0.3) is 0 Å². The van der Waals surface area contributed by atoms with E-state index in [0.29, 0.717) is 12.1 Å². The molecule has 0 aliphatic rings. The van der Waals surface area contributed by atoms with Crippen LogP contribution in [0.5, 0.6) is 0 Å². The van der Waals surface area contributed by atoms with Crippen molar-refractivity contribution in [1.29, 1.82) is 0 Å². The van der Waals surface area contributed by atoms with Crippen LogP contribution >= 0.6 is 0 Å². The van der Waals surface area contributed by atoms with Crippen molar-refractivity contribution in [3.63, 3.8) is 0 Å². The molecule has 2 nitrogen and oxygen atoms in total. The van der Waals surface area contributed by atoms with Crippen LogP contribution in [-0.2, 0) is 11.3 Å². The molecule has 2 heteroatoms. The molecule has 152 valence electrons. The van der Waals surface area contributed by atoms with Crippen molar-refractivity contribution in [3.05, 3.63) is 48.0 Å². The van der Waals surface area contributed by atoms with E-state index in [1.807, 2.05) is 30.0 Å². The highest BCUT2D eigenvalue weighted by molar-refractivity contribution is 5.92. The first-order valence-electron chi connectivity index (χ1n) is 11.1. The standard InChI is InChI=1S/C25H41NO/c1-4-5-6-7-8-9-10-11-12-13-14-18-21-26(25(27)23(2)3)22-24-19-16-15-17-20-24/h15-17,19-20H,2,4-14,18,21-22H2,1,3H3. The second-order valence-electron chi connectivity index (χ2n) is 7.88. The van der Waals surface area contributed by atoms with Crippen molar-refractivity contribution in [3.8, 4) is 0 Å². The van der Waals surface area contributed by atoms with Crippen molar-refractivity contribution in [2.45, 2.75) is 97.4 Å². The van der Waals surface area contributed by atoms with E-state index in [0.717, 1.165) is 13.0 Å². The molecule has 0 saturated carbocycles. The maximum Gasteiger partial charge on any atom is 0.249 e. The van der Waals surface area contributed by atoms with Crippen molar-refractivity contribution in [2.24, 2.45) is 0 Å². The predicted molar refractivity (Wildman–Crippen MR) is 118 cm³/mol. The second-order valence-corrected chi connectivity index (χ2v) is 7.88. The van der Waals surface area contributed by atoms with Gasteiger partial charge in [0, 0.05) is 18.7 Å². The Bertz CT molecular complexity index is 508. The van der Waals surface area contributed by atoms with Gasteiger partial charge in [0.05, 0.1) is 0 Å². The van der Waals surface area contributed by atoms with Gasteiger partial charge < -0.3 is 4.90 Å². The molecule has 0 fully saturated rings. The molecule has 0 bridgehead atoms. The van der Waals surface area contributed by atoms with E-state index in [-0.39, 0.29) is 5.91 Å². The summed E-state index contributed by atoms with van der Waals surface area (Å²) in [6, 6.07) is 10.2. The van der Waals surface area contributed by atoms with Crippen LogP contribution < -0.4 is 0 Å². The fourth-order valence-corrected chi connectivity index (χ4v) is 3.47. The summed E-state index contributed by atoms with van der Waals surface area (Å²) in [6.45, 7) is 9.43. The summed E-state index contributed by atoms with van der Waals surface area (Å²) < 4.78 is 0. The fraction of sp³-hybridized carbons (Fsp3) is 0.640. The van der Waals surface area contributed by atoms with Gasteiger partial charge in [-0.1, -0.05) is 114 Å². The van der Waals surface area contributed by atoms with Gasteiger partial charge in [0.15, 0.2) is 0 Å². The largest absolute Gasteiger partial charge is 0.335 e. The highest BCUT2D eigenvalue weighted by Crippen LogP contribution is 2.13. The Kier molecular flexibility index (Phi) is 13.5. The average Bonchev–Trinajstić information content (AvgIpc) is 2.68. The van der Waals surface area contributed by atoms with Gasteiger partial charge in [-0.3, -0.25) is 4.79 Å². The van der Waals surface area contributed by atoms with Crippen molar-refractivity contribution < 1.29 is 4.79 Å². The van der Waals surface area contributed by atoms with Gasteiger partial charge in [-0.05, 0) is 18.9 Å². The normalized spacial score (nSPS) is 10.7. The summed E-state index contributed by atoms with van der Waals surface area (Å²) in [5.74, 6) is 0.0851. The number of benzene rings is 1. The summed E-state index contributed by atoms with van der Waals surface area (Å²) in [5, 5.41) is 0. The Morgan fingerprint density at radius 1 is 0.815 bits per heavy atom. The Morgan fingerprint density at radius 3 is 1.78 bits per heavy atom. The fourth-order valence-electron chi connectivity index (χ4n) is 3.47. The maximum absolute atomic E-state index is 12.4. The zero-order chi connectivity index (χ0) is 19.7. The van der Waals surface area contributed by atoms with Gasteiger partial charge in [0.2, 0.25) is 5.91 Å². The first-order valence-corrected chi connectivity index (χ1v) is 11.1. The lowest BCUT2D eigenvalue weighted by Crippen LogP contribution is -2.31. The van der Waals surface area contributed by atoms with Crippen LogP contribution in [0.2, 0.25) is 0 Å². The molecule has 1 aromatic carbocycles. The van der Waals surface area contributed by atoms with E-state index in [1.165, 1.54) is 76.2 Å². The van der Waals surface area contributed by atoms with Crippen LogP contribution in [0.4, 0.5) is 0 Å². The third-order valence-electron chi connectivity index (χ3n) is 5.15. The molecule has 27 heavy (non-hydrogen) atoms. The highest BCUT2D eigenvalue weighted by atomic mass is 16.2. The van der Waals surface area contributed by atoms with E-state index in [4.69, 9.17) is 0 Å². The molecule has 0 N–H and O–H groups in total. The smallest absolute Gasteiger partial charge is 0.249 e. The quantitative estimate of drug-likeness (QED) is 0.221. The van der Waals surface area contributed by atoms with E-state index in [9.17, 15) is 4.79 Å². The first kappa shape index (κ1) is 23.5. The molecule has 0 saturated heterocycles. The Hall–Kier alpha value is -1.57. The zero-order valence-electron chi connectivity index (χ0n) is 17.8. The SMILES string of the molecule is C=C(C)C(=O)N(CCCCCCCCCCCCCC)Cc1ccccc1. The minimum absolute atomic E-state index is 0.0851. The molecular formula is C25H41NO. The van der Waals surface area contributed by atoms with Crippen LogP contribution in [0, 0.1) is 0 Å². The Morgan fingerprint density at radius 2 is 1.30 bits per heavy atom. The molecule has 0 unspecified atom stereocenters. The number of hydrogen-bond donors (Lipinski definition) is 0. The van der Waals surface area contributed by atoms with Crippen LogP contribution in [-0.4, -0.2) is 17.4 Å². The topological polar surface area (TPSA) is 20.3 Å². The molecular weight excluding hydrogens is 330 g/mol. The van der Waals surface area contributed by atoms with Crippen molar-refractivity contribution in [1.82, 2.24) is 4.90 Å². The van der Waals surface area contributed by atoms with Gasteiger partial charge >= 0.3 is 0 Å². The first-order chi connectivity index (χ1) is 13.1. The van der Waals surface area contributed by atoms with E-state index < -0.39 is 0 Å². The summed E-state index contributed by atoms with van der Waals surface area (Å²) in [6.07, 6.45) is 16.1. The third-order valence-corrected chi connectivity index (χ3v) is 5.15. The summed E-state index contributed by atoms with van der Waals surface area (Å²) in [7, 11) is 0. The minimum atomic E-state index is 0.0851. The predicted octanol–water partition coefficient (Wildman–Crippen LogP) is 7.29. The summed E-state index contributed by atoms with van der Waals surface area (Å²) in [5.41, 5.74) is 1.82. The average molecular weight is 372 g/mol. The second kappa shape index (κ2) is 15.5. The number of carbonyl (C=O) groups excluding carboxylic acids is 1. The molecule has 0 aromatic heterocycles. The number of hydrogen-bond acceptors (Lipinski definition) is 1. The van der Waals surface area contributed by atoms with E-state index >= 15 is 0 Å². The monoisotopic (exact) mass is 371 g/mol. The molecule has 0 heterocycles. The third kappa shape index (κ3) is 11.7. The lowest BCUT2D eigenvalue weighted by molar-refractivity contribution is -0.127. The van der Waals surface area contributed by atoms with Gasteiger partial charge in [-0.15, -0.1) is 0 Å². The molecule has 1 rings (SSSR count). The van der Waals surface area contributed by atoms with Crippen LogP contribution in [0.3, 0.4) is 0 Å². The highest BCUT2D eigenvalue weighted by Gasteiger charge is 2.14. The van der Waals surface area contributed by atoms with Gasteiger partial charge in [0.1, 0.15) is 0 Å². The lowest BCUT2D eigenvalue weighted by atomic mass is 10.1. The van der Waals surface area contributed by atoms with Crippen molar-refractivity contribution >= 4 is 5.91 Å². The van der Waals surface area contributed by atoms with E-state index in [2.05, 4.69) is 25.6 Å².